The largest absolute Gasteiger partial charge is 0.477 e. The molecule has 0 aliphatic rings. The number of benzene rings is 2. The minimum Gasteiger partial charge on any atom is -0.477 e. The number of alkyl carbamates (subject to hydrolysis) is 1. The van der Waals surface area contributed by atoms with E-state index in [9.17, 15) is 10.0 Å². The zero-order valence-electron chi connectivity index (χ0n) is 13.4. The van der Waals surface area contributed by atoms with E-state index >= 15 is 0 Å². The molecule has 6 nitrogen and oxygen atoms in total. The van der Waals surface area contributed by atoms with Crippen LogP contribution in [0.4, 0.5) is 4.79 Å². The van der Waals surface area contributed by atoms with E-state index in [2.05, 4.69) is 10.5 Å². The number of hydrogen-bond donors (Lipinski definition) is 2. The summed E-state index contributed by atoms with van der Waals surface area (Å²) in [6.45, 7) is 2.22. The molecule has 2 aromatic rings. The number of rotatable bonds is 6. The van der Waals surface area contributed by atoms with Crippen LogP contribution in [0.3, 0.4) is 0 Å². The monoisotopic (exact) mass is 328 g/mol. The molecule has 24 heavy (non-hydrogen) atoms. The van der Waals surface area contributed by atoms with Crippen molar-refractivity contribution in [2.75, 3.05) is 6.61 Å². The number of amides is 1. The molecule has 0 aromatic heterocycles. The minimum atomic E-state index is -0.737. The van der Waals surface area contributed by atoms with Gasteiger partial charge in [0.2, 0.25) is 0 Å². The maximum absolute atomic E-state index is 12.1. The topological polar surface area (TPSA) is 80.2 Å². The normalized spacial score (nSPS) is 12.3. The van der Waals surface area contributed by atoms with Gasteiger partial charge in [-0.3, -0.25) is 0 Å². The van der Waals surface area contributed by atoms with Gasteiger partial charge in [-0.1, -0.05) is 65.8 Å². The van der Waals surface area contributed by atoms with Crippen molar-refractivity contribution in [3.63, 3.8) is 0 Å². The highest BCUT2D eigenvalue weighted by molar-refractivity contribution is 5.86. The highest BCUT2D eigenvalue weighted by Gasteiger charge is 2.23. The Morgan fingerprint density at radius 3 is 2.29 bits per heavy atom. The van der Waals surface area contributed by atoms with Crippen LogP contribution in [0.2, 0.25) is 0 Å². The molecule has 2 aromatic carbocycles. The van der Waals surface area contributed by atoms with Crippen molar-refractivity contribution in [1.29, 1.82) is 0 Å². The van der Waals surface area contributed by atoms with E-state index < -0.39 is 12.1 Å². The Bertz CT molecular complexity index is 659. The first-order valence-corrected chi connectivity index (χ1v) is 7.61. The molecule has 2 N–H and O–H groups in total. The highest BCUT2D eigenvalue weighted by atomic mass is 16.6. The second kappa shape index (κ2) is 9.19. The van der Waals surface area contributed by atoms with Crippen LogP contribution in [0.1, 0.15) is 24.1 Å². The Morgan fingerprint density at radius 2 is 1.71 bits per heavy atom. The maximum Gasteiger partial charge on any atom is 0.408 e. The average molecular weight is 328 g/mol. The van der Waals surface area contributed by atoms with Crippen LogP contribution in [0.15, 0.2) is 65.8 Å². The van der Waals surface area contributed by atoms with Crippen LogP contribution in [0.5, 0.6) is 0 Å². The molecule has 0 saturated heterocycles. The molecule has 0 aliphatic carbocycles. The standard InChI is InChI=1S/C18H20N2O4/c1-2-23-17(20-22)16(15-11-7-4-8-12-15)19-18(21)24-13-14-9-5-3-6-10-14/h3-12,16,22H,2,13H2,1H3,(H,19,21)/b20-17+. The molecule has 6 heteroatoms. The molecule has 2 rings (SSSR count). The zero-order valence-corrected chi connectivity index (χ0v) is 13.4. The van der Waals surface area contributed by atoms with E-state index in [0.29, 0.717) is 6.61 Å². The summed E-state index contributed by atoms with van der Waals surface area (Å²) in [6, 6.07) is 17.7. The SMILES string of the molecule is CCO/C(=N/O)C(NC(=O)OCc1ccccc1)c1ccccc1. The number of nitrogens with zero attached hydrogens (tertiary/aromatic N) is 1. The smallest absolute Gasteiger partial charge is 0.408 e. The van der Waals surface area contributed by atoms with Gasteiger partial charge in [-0.05, 0) is 18.1 Å². The number of hydrogen-bond acceptors (Lipinski definition) is 5. The van der Waals surface area contributed by atoms with Gasteiger partial charge < -0.3 is 20.0 Å². The highest BCUT2D eigenvalue weighted by Crippen LogP contribution is 2.16. The van der Waals surface area contributed by atoms with Crippen LogP contribution in [-0.4, -0.2) is 23.8 Å². The fourth-order valence-corrected chi connectivity index (χ4v) is 2.13. The lowest BCUT2D eigenvalue weighted by Crippen LogP contribution is -2.35. The van der Waals surface area contributed by atoms with Crippen molar-refractivity contribution in [3.8, 4) is 0 Å². The van der Waals surface area contributed by atoms with Crippen molar-refractivity contribution in [2.24, 2.45) is 5.16 Å². The quantitative estimate of drug-likeness (QED) is 0.368. The fourth-order valence-electron chi connectivity index (χ4n) is 2.13. The second-order valence-electron chi connectivity index (χ2n) is 4.92. The molecule has 126 valence electrons. The predicted octanol–water partition coefficient (Wildman–Crippen LogP) is 3.48. The van der Waals surface area contributed by atoms with Crippen molar-refractivity contribution >= 4 is 12.0 Å². The predicted molar refractivity (Wildman–Crippen MR) is 89.8 cm³/mol. The van der Waals surface area contributed by atoms with Crippen LogP contribution >= 0.6 is 0 Å². The van der Waals surface area contributed by atoms with E-state index in [4.69, 9.17) is 9.47 Å². The molecule has 0 heterocycles. The summed E-state index contributed by atoms with van der Waals surface area (Å²) in [6.07, 6.45) is -0.631. The molecular formula is C18H20N2O4. The summed E-state index contributed by atoms with van der Waals surface area (Å²) in [7, 11) is 0. The fraction of sp³-hybridized carbons (Fsp3) is 0.222. The Morgan fingerprint density at radius 1 is 1.08 bits per heavy atom. The van der Waals surface area contributed by atoms with E-state index in [1.165, 1.54) is 0 Å². The van der Waals surface area contributed by atoms with Gasteiger partial charge in [0.15, 0.2) is 0 Å². The van der Waals surface area contributed by atoms with Gasteiger partial charge in [-0.15, -0.1) is 0 Å². The van der Waals surface area contributed by atoms with Gasteiger partial charge in [0.1, 0.15) is 12.6 Å². The third-order valence-corrected chi connectivity index (χ3v) is 3.25. The summed E-state index contributed by atoms with van der Waals surface area (Å²) >= 11 is 0. The number of oxime groups is 1. The van der Waals surface area contributed by atoms with E-state index in [1.54, 1.807) is 19.1 Å². The lowest BCUT2D eigenvalue weighted by Gasteiger charge is -2.19. The first kappa shape index (κ1) is 17.3. The van der Waals surface area contributed by atoms with Crippen molar-refractivity contribution in [3.05, 3.63) is 71.8 Å². The number of ether oxygens (including phenoxy) is 2. The van der Waals surface area contributed by atoms with Gasteiger partial charge in [-0.2, -0.15) is 0 Å². The third-order valence-electron chi connectivity index (χ3n) is 3.25. The Labute approximate surface area is 140 Å². The molecule has 0 aliphatic heterocycles. The average Bonchev–Trinajstić information content (AvgIpc) is 2.64. The summed E-state index contributed by atoms with van der Waals surface area (Å²) in [5.41, 5.74) is 1.60. The molecule has 0 saturated carbocycles. The van der Waals surface area contributed by atoms with Gasteiger partial charge in [0.05, 0.1) is 6.61 Å². The minimum absolute atomic E-state index is 0.000334. The van der Waals surface area contributed by atoms with Crippen molar-refractivity contribution in [2.45, 2.75) is 19.6 Å². The van der Waals surface area contributed by atoms with Gasteiger partial charge >= 0.3 is 6.09 Å². The Hall–Kier alpha value is -3.02. The summed E-state index contributed by atoms with van der Waals surface area (Å²) in [4.78, 5) is 12.1. The second-order valence-corrected chi connectivity index (χ2v) is 4.92. The van der Waals surface area contributed by atoms with Crippen LogP contribution in [0, 0.1) is 0 Å². The summed E-state index contributed by atoms with van der Waals surface area (Å²) < 4.78 is 10.5. The number of carbonyl (C=O) groups is 1. The molecule has 0 radical (unpaired) electrons. The maximum atomic E-state index is 12.1. The number of nitrogens with one attached hydrogen (secondary N) is 1. The molecule has 1 amide bonds. The zero-order chi connectivity index (χ0) is 17.2. The Kier molecular flexibility index (Phi) is 6.64. The third kappa shape index (κ3) is 5.01. The summed E-state index contributed by atoms with van der Waals surface area (Å²) in [5, 5.41) is 15.0. The molecule has 1 atom stereocenters. The van der Waals surface area contributed by atoms with Gasteiger partial charge in [-0.25, -0.2) is 4.79 Å². The van der Waals surface area contributed by atoms with Crippen molar-refractivity contribution < 1.29 is 19.5 Å². The lowest BCUT2D eigenvalue weighted by molar-refractivity contribution is 0.136. The molecule has 0 bridgehead atoms. The van der Waals surface area contributed by atoms with Crippen LogP contribution in [0.25, 0.3) is 0 Å². The molecule has 0 spiro atoms. The van der Waals surface area contributed by atoms with E-state index in [1.807, 2.05) is 48.5 Å². The van der Waals surface area contributed by atoms with E-state index in [-0.39, 0.29) is 12.5 Å². The van der Waals surface area contributed by atoms with Gasteiger partial charge in [0.25, 0.3) is 5.90 Å². The first-order valence-electron chi connectivity index (χ1n) is 7.61. The summed E-state index contributed by atoms with van der Waals surface area (Å²) in [5.74, 6) is 0.000334. The first-order chi connectivity index (χ1) is 11.7. The van der Waals surface area contributed by atoms with Crippen LogP contribution in [-0.2, 0) is 16.1 Å². The van der Waals surface area contributed by atoms with Gasteiger partial charge in [0, 0.05) is 0 Å². The lowest BCUT2D eigenvalue weighted by atomic mass is 10.1. The molecular weight excluding hydrogens is 308 g/mol. The number of carbonyl (C=O) groups excluding carboxylic acids is 1. The van der Waals surface area contributed by atoms with E-state index in [0.717, 1.165) is 11.1 Å². The molecule has 1 unspecified atom stereocenters. The van der Waals surface area contributed by atoms with Crippen LogP contribution < -0.4 is 5.32 Å². The Balaban J connectivity index is 2.06. The van der Waals surface area contributed by atoms with Crippen molar-refractivity contribution in [1.82, 2.24) is 5.32 Å². The molecule has 0 fully saturated rings.